The van der Waals surface area contributed by atoms with Crippen molar-refractivity contribution in [1.82, 2.24) is 10.0 Å². The molecule has 1 aliphatic heterocycles. The van der Waals surface area contributed by atoms with E-state index in [1.54, 1.807) is 0 Å². The Balaban J connectivity index is 2.27. The number of piperidine rings is 1. The lowest BCUT2D eigenvalue weighted by Crippen LogP contribution is -2.45. The molecule has 1 aromatic rings. The summed E-state index contributed by atoms with van der Waals surface area (Å²) >= 11 is 0. The van der Waals surface area contributed by atoms with Crippen molar-refractivity contribution in [3.05, 3.63) is 29.6 Å². The van der Waals surface area contributed by atoms with Crippen LogP contribution in [0.2, 0.25) is 0 Å². The smallest absolute Gasteiger partial charge is 0.315 e. The summed E-state index contributed by atoms with van der Waals surface area (Å²) in [6, 6.07) is 1.26. The van der Waals surface area contributed by atoms with Crippen LogP contribution in [0.25, 0.3) is 0 Å². The number of halogens is 4. The molecule has 0 radical (unpaired) electrons. The third-order valence-corrected chi connectivity index (χ3v) is 4.69. The fourth-order valence-corrected chi connectivity index (χ4v) is 3.42. The largest absolute Gasteiger partial charge is 0.419 e. The number of alkyl halides is 3. The van der Waals surface area contributed by atoms with E-state index in [0.29, 0.717) is 25.1 Å². The monoisotopic (exact) mass is 326 g/mol. The summed E-state index contributed by atoms with van der Waals surface area (Å²) in [6.45, 7) is 1.18. The molecule has 21 heavy (non-hydrogen) atoms. The second-order valence-electron chi connectivity index (χ2n) is 4.80. The van der Waals surface area contributed by atoms with Gasteiger partial charge in [-0.15, -0.1) is 0 Å². The van der Waals surface area contributed by atoms with Gasteiger partial charge in [0.2, 0.25) is 10.0 Å². The lowest BCUT2D eigenvalue weighted by Gasteiger charge is -2.23. The minimum absolute atomic E-state index is 0.313. The van der Waals surface area contributed by atoms with Crippen molar-refractivity contribution in [2.75, 3.05) is 13.1 Å². The minimum Gasteiger partial charge on any atom is -0.315 e. The van der Waals surface area contributed by atoms with Crippen molar-refractivity contribution in [3.63, 3.8) is 0 Å². The molecule has 0 bridgehead atoms. The van der Waals surface area contributed by atoms with Gasteiger partial charge in [-0.3, -0.25) is 0 Å². The standard InChI is InChI=1S/C12H14F4N2O2S/c13-11-4-3-9(6-10(11)12(14,15)16)21(19,20)18-8-2-1-5-17-7-8/h3-4,6,8,17-18H,1-2,5,7H2. The summed E-state index contributed by atoms with van der Waals surface area (Å²) < 4.78 is 77.5. The average molecular weight is 326 g/mol. The van der Waals surface area contributed by atoms with Gasteiger partial charge in [-0.1, -0.05) is 0 Å². The third-order valence-electron chi connectivity index (χ3n) is 3.17. The summed E-state index contributed by atoms with van der Waals surface area (Å²) in [5.74, 6) is -1.50. The molecule has 0 aromatic heterocycles. The number of benzene rings is 1. The molecule has 1 unspecified atom stereocenters. The predicted octanol–water partition coefficient (Wildman–Crippen LogP) is 1.87. The Kier molecular flexibility index (Phi) is 4.54. The normalized spacial score (nSPS) is 20.5. The molecule has 9 heteroatoms. The molecule has 0 saturated carbocycles. The number of sulfonamides is 1. The molecule has 2 rings (SSSR count). The van der Waals surface area contributed by atoms with E-state index in [1.807, 2.05) is 0 Å². The molecule has 0 aliphatic carbocycles. The molecule has 0 amide bonds. The zero-order valence-corrected chi connectivity index (χ0v) is 11.7. The number of nitrogens with one attached hydrogen (secondary N) is 2. The summed E-state index contributed by atoms with van der Waals surface area (Å²) in [4.78, 5) is -0.596. The molecule has 1 atom stereocenters. The molecular formula is C12H14F4N2O2S. The van der Waals surface area contributed by atoms with Crippen LogP contribution in [0.3, 0.4) is 0 Å². The summed E-state index contributed by atoms with van der Waals surface area (Å²) in [5.41, 5.74) is -1.59. The third kappa shape index (κ3) is 3.92. The van der Waals surface area contributed by atoms with E-state index in [1.165, 1.54) is 0 Å². The van der Waals surface area contributed by atoms with Crippen LogP contribution in [0.1, 0.15) is 18.4 Å². The van der Waals surface area contributed by atoms with Crippen LogP contribution in [-0.4, -0.2) is 27.5 Å². The Morgan fingerprint density at radius 1 is 1.29 bits per heavy atom. The van der Waals surface area contributed by atoms with E-state index >= 15 is 0 Å². The number of hydrogen-bond acceptors (Lipinski definition) is 3. The first-order valence-electron chi connectivity index (χ1n) is 6.30. The highest BCUT2D eigenvalue weighted by atomic mass is 32.2. The van der Waals surface area contributed by atoms with E-state index in [4.69, 9.17) is 0 Å². The molecule has 1 saturated heterocycles. The quantitative estimate of drug-likeness (QED) is 0.834. The minimum atomic E-state index is -4.94. The van der Waals surface area contributed by atoms with Gasteiger partial charge in [0.15, 0.2) is 0 Å². The second-order valence-corrected chi connectivity index (χ2v) is 6.52. The Hall–Kier alpha value is -1.19. The Bertz CT molecular complexity index is 610. The molecule has 0 spiro atoms. The number of hydrogen-bond donors (Lipinski definition) is 2. The van der Waals surface area contributed by atoms with Crippen molar-refractivity contribution >= 4 is 10.0 Å². The molecule has 118 valence electrons. The summed E-state index contributed by atoms with van der Waals surface area (Å²) in [6.07, 6.45) is -3.58. The van der Waals surface area contributed by atoms with Crippen molar-refractivity contribution in [1.29, 1.82) is 0 Å². The van der Waals surface area contributed by atoms with Crippen LogP contribution in [-0.2, 0) is 16.2 Å². The van der Waals surface area contributed by atoms with Crippen molar-refractivity contribution in [2.45, 2.75) is 30.0 Å². The van der Waals surface area contributed by atoms with E-state index in [9.17, 15) is 26.0 Å². The first kappa shape index (κ1) is 16.2. The molecule has 4 nitrogen and oxygen atoms in total. The van der Waals surface area contributed by atoms with Gasteiger partial charge >= 0.3 is 6.18 Å². The first-order valence-corrected chi connectivity index (χ1v) is 7.78. The fourth-order valence-electron chi connectivity index (χ4n) is 2.13. The highest BCUT2D eigenvalue weighted by Crippen LogP contribution is 2.32. The predicted molar refractivity (Wildman–Crippen MR) is 67.6 cm³/mol. The average Bonchev–Trinajstić information content (AvgIpc) is 2.38. The SMILES string of the molecule is O=S(=O)(NC1CCCNC1)c1ccc(F)c(C(F)(F)F)c1. The van der Waals surface area contributed by atoms with Gasteiger partial charge < -0.3 is 5.32 Å². The summed E-state index contributed by atoms with van der Waals surface area (Å²) in [7, 11) is -4.12. The van der Waals surface area contributed by atoms with Crippen LogP contribution in [0.4, 0.5) is 17.6 Å². The maximum Gasteiger partial charge on any atom is 0.419 e. The molecule has 2 N–H and O–H groups in total. The van der Waals surface area contributed by atoms with Gasteiger partial charge in [-0.05, 0) is 37.6 Å². The van der Waals surface area contributed by atoms with E-state index < -0.39 is 32.5 Å². The van der Waals surface area contributed by atoms with Gasteiger partial charge in [0.05, 0.1) is 10.5 Å². The lowest BCUT2D eigenvalue weighted by molar-refractivity contribution is -0.140. The first-order chi connectivity index (χ1) is 9.70. The van der Waals surface area contributed by atoms with Gasteiger partial charge in [-0.25, -0.2) is 17.5 Å². The Morgan fingerprint density at radius 2 is 2.00 bits per heavy atom. The van der Waals surface area contributed by atoms with Gasteiger partial charge in [0.25, 0.3) is 0 Å². The van der Waals surface area contributed by atoms with E-state index in [-0.39, 0.29) is 6.04 Å². The topological polar surface area (TPSA) is 58.2 Å². The van der Waals surface area contributed by atoms with Crippen molar-refractivity contribution in [2.24, 2.45) is 0 Å². The Morgan fingerprint density at radius 3 is 2.57 bits per heavy atom. The molecule has 1 fully saturated rings. The van der Waals surface area contributed by atoms with Crippen LogP contribution in [0.5, 0.6) is 0 Å². The Labute approximate surface area is 119 Å². The van der Waals surface area contributed by atoms with Crippen molar-refractivity contribution in [3.8, 4) is 0 Å². The summed E-state index contributed by atoms with van der Waals surface area (Å²) in [5, 5.41) is 2.99. The van der Waals surface area contributed by atoms with Crippen LogP contribution in [0.15, 0.2) is 23.1 Å². The highest BCUT2D eigenvalue weighted by Gasteiger charge is 2.35. The fraction of sp³-hybridized carbons (Fsp3) is 0.500. The van der Waals surface area contributed by atoms with E-state index in [2.05, 4.69) is 10.0 Å². The zero-order valence-electron chi connectivity index (χ0n) is 10.9. The molecule has 1 aromatic carbocycles. The molecular weight excluding hydrogens is 312 g/mol. The van der Waals surface area contributed by atoms with Crippen LogP contribution >= 0.6 is 0 Å². The van der Waals surface area contributed by atoms with Gasteiger partial charge in [-0.2, -0.15) is 13.2 Å². The van der Waals surface area contributed by atoms with Crippen LogP contribution in [0, 0.1) is 5.82 Å². The lowest BCUT2D eigenvalue weighted by atomic mass is 10.1. The molecule has 1 aliphatic rings. The van der Waals surface area contributed by atoms with Gasteiger partial charge in [0, 0.05) is 12.6 Å². The maximum atomic E-state index is 13.2. The van der Waals surface area contributed by atoms with E-state index in [0.717, 1.165) is 19.0 Å². The van der Waals surface area contributed by atoms with Crippen LogP contribution < -0.4 is 10.0 Å². The zero-order chi connectivity index (χ0) is 15.7. The van der Waals surface area contributed by atoms with Gasteiger partial charge in [0.1, 0.15) is 5.82 Å². The highest BCUT2D eigenvalue weighted by molar-refractivity contribution is 7.89. The molecule has 1 heterocycles. The maximum absolute atomic E-state index is 13.2. The number of rotatable bonds is 3. The van der Waals surface area contributed by atoms with Crippen molar-refractivity contribution < 1.29 is 26.0 Å². The second kappa shape index (κ2) is 5.90.